The number of methoxy groups -OCH3 is 2. The van der Waals surface area contributed by atoms with E-state index in [4.69, 9.17) is 9.47 Å². The minimum Gasteiger partial charge on any atom is -0.497 e. The molecule has 3 nitrogen and oxygen atoms in total. The molecule has 0 saturated heterocycles. The zero-order chi connectivity index (χ0) is 11.8. The number of rotatable bonds is 4. The predicted octanol–water partition coefficient (Wildman–Crippen LogP) is 2.32. The van der Waals surface area contributed by atoms with Gasteiger partial charge in [0.25, 0.3) is 0 Å². The lowest BCUT2D eigenvalue weighted by Crippen LogP contribution is -2.24. The van der Waals surface area contributed by atoms with Crippen LogP contribution < -0.4 is 9.47 Å². The number of aliphatic hydroxyl groups is 1. The smallest absolute Gasteiger partial charge is 0.125 e. The molecule has 0 unspecified atom stereocenters. The summed E-state index contributed by atoms with van der Waals surface area (Å²) in [4.78, 5) is 0. The van der Waals surface area contributed by atoms with Gasteiger partial charge in [0.05, 0.1) is 19.8 Å². The first-order valence-electron chi connectivity index (χ1n) is 5.54. The van der Waals surface area contributed by atoms with Crippen molar-refractivity contribution in [2.24, 2.45) is 5.92 Å². The summed E-state index contributed by atoms with van der Waals surface area (Å²) in [5.41, 5.74) is -0.00303. The normalized spacial score (nSPS) is 19.0. The first-order valence-corrected chi connectivity index (χ1v) is 5.54. The monoisotopic (exact) mass is 222 g/mol. The third-order valence-electron chi connectivity index (χ3n) is 3.32. The van der Waals surface area contributed by atoms with Gasteiger partial charge in [-0.05, 0) is 43.9 Å². The third kappa shape index (κ3) is 1.87. The first-order chi connectivity index (χ1) is 7.59. The Kier molecular flexibility index (Phi) is 2.80. The molecule has 88 valence electrons. The van der Waals surface area contributed by atoms with Crippen molar-refractivity contribution in [2.75, 3.05) is 14.2 Å². The molecule has 0 radical (unpaired) electrons. The molecule has 0 bridgehead atoms. The second kappa shape index (κ2) is 3.98. The largest absolute Gasteiger partial charge is 0.497 e. The zero-order valence-corrected chi connectivity index (χ0v) is 9.99. The molecule has 3 heteroatoms. The molecule has 0 aliphatic heterocycles. The summed E-state index contributed by atoms with van der Waals surface area (Å²) in [6, 6.07) is 5.54. The maximum atomic E-state index is 10.5. The van der Waals surface area contributed by atoms with Gasteiger partial charge in [-0.15, -0.1) is 0 Å². The van der Waals surface area contributed by atoms with Gasteiger partial charge < -0.3 is 14.6 Å². The maximum absolute atomic E-state index is 10.5. The van der Waals surface area contributed by atoms with Crippen molar-refractivity contribution in [3.8, 4) is 11.5 Å². The summed E-state index contributed by atoms with van der Waals surface area (Å²) in [5.74, 6) is 1.81. The molecular weight excluding hydrogens is 204 g/mol. The second-order valence-electron chi connectivity index (χ2n) is 4.49. The van der Waals surface area contributed by atoms with E-state index in [9.17, 15) is 5.11 Å². The Balaban J connectivity index is 2.43. The Labute approximate surface area is 96.0 Å². The molecule has 1 aromatic carbocycles. The molecule has 0 aromatic heterocycles. The topological polar surface area (TPSA) is 38.7 Å². The summed E-state index contributed by atoms with van der Waals surface area (Å²) in [6.45, 7) is 1.85. The highest BCUT2D eigenvalue weighted by Gasteiger charge is 2.43. The molecule has 16 heavy (non-hydrogen) atoms. The van der Waals surface area contributed by atoms with E-state index in [1.54, 1.807) is 14.2 Å². The van der Waals surface area contributed by atoms with E-state index in [-0.39, 0.29) is 0 Å². The minimum atomic E-state index is -0.820. The van der Waals surface area contributed by atoms with E-state index >= 15 is 0 Å². The highest BCUT2D eigenvalue weighted by Crippen LogP contribution is 2.48. The van der Waals surface area contributed by atoms with E-state index in [2.05, 4.69) is 0 Å². The summed E-state index contributed by atoms with van der Waals surface area (Å²) >= 11 is 0. The van der Waals surface area contributed by atoms with Gasteiger partial charge in [-0.3, -0.25) is 0 Å². The van der Waals surface area contributed by atoms with Crippen molar-refractivity contribution in [1.29, 1.82) is 0 Å². The molecule has 1 aromatic rings. The molecule has 1 saturated carbocycles. The molecule has 0 heterocycles. The first kappa shape index (κ1) is 11.3. The average molecular weight is 222 g/mol. The summed E-state index contributed by atoms with van der Waals surface area (Å²) in [7, 11) is 3.24. The molecule has 0 spiro atoms. The van der Waals surface area contributed by atoms with Gasteiger partial charge in [0.15, 0.2) is 0 Å². The van der Waals surface area contributed by atoms with Crippen LogP contribution in [-0.4, -0.2) is 19.3 Å². The van der Waals surface area contributed by atoms with Crippen LogP contribution >= 0.6 is 0 Å². The van der Waals surface area contributed by atoms with Gasteiger partial charge in [0, 0.05) is 5.56 Å². The minimum absolute atomic E-state index is 0.341. The Hall–Kier alpha value is -1.22. The average Bonchev–Trinajstić information content (AvgIpc) is 3.12. The van der Waals surface area contributed by atoms with Crippen molar-refractivity contribution >= 4 is 0 Å². The van der Waals surface area contributed by atoms with Crippen LogP contribution in [0.4, 0.5) is 0 Å². The summed E-state index contributed by atoms with van der Waals surface area (Å²) < 4.78 is 10.5. The molecule has 1 N–H and O–H groups in total. The van der Waals surface area contributed by atoms with E-state index in [0.29, 0.717) is 5.92 Å². The molecule has 1 aliphatic carbocycles. The number of benzene rings is 1. The van der Waals surface area contributed by atoms with Gasteiger partial charge in [0.1, 0.15) is 11.5 Å². The summed E-state index contributed by atoms with van der Waals surface area (Å²) in [5, 5.41) is 10.5. The Bertz CT molecular complexity index is 381. The molecule has 1 fully saturated rings. The van der Waals surface area contributed by atoms with Crippen molar-refractivity contribution in [2.45, 2.75) is 25.4 Å². The van der Waals surface area contributed by atoms with E-state index in [0.717, 1.165) is 29.9 Å². The highest BCUT2D eigenvalue weighted by atomic mass is 16.5. The van der Waals surface area contributed by atoms with Crippen LogP contribution in [0.5, 0.6) is 11.5 Å². The predicted molar refractivity (Wildman–Crippen MR) is 61.8 cm³/mol. The van der Waals surface area contributed by atoms with E-state index < -0.39 is 5.60 Å². The summed E-state index contributed by atoms with van der Waals surface area (Å²) in [6.07, 6.45) is 2.15. The van der Waals surface area contributed by atoms with Gasteiger partial charge in [-0.1, -0.05) is 0 Å². The quantitative estimate of drug-likeness (QED) is 0.849. The van der Waals surface area contributed by atoms with Crippen LogP contribution in [0.2, 0.25) is 0 Å². The van der Waals surface area contributed by atoms with Gasteiger partial charge in [-0.25, -0.2) is 0 Å². The fourth-order valence-electron chi connectivity index (χ4n) is 2.07. The molecular formula is C13H18O3. The van der Waals surface area contributed by atoms with Crippen LogP contribution in [-0.2, 0) is 5.60 Å². The van der Waals surface area contributed by atoms with Crippen LogP contribution in [0, 0.1) is 5.92 Å². The standard InChI is InChI=1S/C13H18O3/c1-13(14,9-4-5-9)11-8-10(15-2)6-7-12(11)16-3/h6-9,14H,4-5H2,1-3H3/t13-/m0/s1. The van der Waals surface area contributed by atoms with Crippen LogP contribution in [0.3, 0.4) is 0 Å². The fourth-order valence-corrected chi connectivity index (χ4v) is 2.07. The molecule has 1 atom stereocenters. The molecule has 2 rings (SSSR count). The lowest BCUT2D eigenvalue weighted by molar-refractivity contribution is 0.0305. The third-order valence-corrected chi connectivity index (χ3v) is 3.32. The van der Waals surface area contributed by atoms with Crippen molar-refractivity contribution in [3.05, 3.63) is 23.8 Å². The van der Waals surface area contributed by atoms with Gasteiger partial charge in [0.2, 0.25) is 0 Å². The van der Waals surface area contributed by atoms with Gasteiger partial charge >= 0.3 is 0 Å². The number of hydrogen-bond donors (Lipinski definition) is 1. The van der Waals surface area contributed by atoms with Gasteiger partial charge in [-0.2, -0.15) is 0 Å². The highest BCUT2D eigenvalue weighted by molar-refractivity contribution is 5.44. The van der Waals surface area contributed by atoms with Crippen molar-refractivity contribution in [3.63, 3.8) is 0 Å². The Morgan fingerprint density at radius 1 is 1.25 bits per heavy atom. The van der Waals surface area contributed by atoms with Crippen molar-refractivity contribution < 1.29 is 14.6 Å². The van der Waals surface area contributed by atoms with Crippen LogP contribution in [0.15, 0.2) is 18.2 Å². The Morgan fingerprint density at radius 2 is 1.94 bits per heavy atom. The van der Waals surface area contributed by atoms with Crippen LogP contribution in [0.25, 0.3) is 0 Å². The fraction of sp³-hybridized carbons (Fsp3) is 0.538. The Morgan fingerprint density at radius 3 is 2.44 bits per heavy atom. The number of hydrogen-bond acceptors (Lipinski definition) is 3. The molecule has 1 aliphatic rings. The van der Waals surface area contributed by atoms with Crippen molar-refractivity contribution in [1.82, 2.24) is 0 Å². The second-order valence-corrected chi connectivity index (χ2v) is 4.49. The van der Waals surface area contributed by atoms with E-state index in [1.165, 1.54) is 0 Å². The lowest BCUT2D eigenvalue weighted by Gasteiger charge is -2.26. The SMILES string of the molecule is COc1ccc(OC)c([C@@](C)(O)C2CC2)c1. The lowest BCUT2D eigenvalue weighted by atomic mass is 9.90. The maximum Gasteiger partial charge on any atom is 0.125 e. The van der Waals surface area contributed by atoms with Crippen LogP contribution in [0.1, 0.15) is 25.3 Å². The molecule has 0 amide bonds. The number of ether oxygens (including phenoxy) is 2. The van der Waals surface area contributed by atoms with E-state index in [1.807, 2.05) is 25.1 Å². The zero-order valence-electron chi connectivity index (χ0n) is 9.99.